The van der Waals surface area contributed by atoms with E-state index in [4.69, 9.17) is 51.7 Å². The van der Waals surface area contributed by atoms with E-state index in [9.17, 15) is 83.4 Å². The molecule has 0 bridgehead atoms. The first-order valence-electron chi connectivity index (χ1n) is 21.9. The first-order valence-corrected chi connectivity index (χ1v) is 27.4. The molecule has 5 aliphatic rings. The number of hydrogen-bond donors (Lipinski definition) is 11. The number of ether oxygens (including phenoxy) is 9. The Bertz CT molecular complexity index is 2300. The van der Waals surface area contributed by atoms with Gasteiger partial charge in [0.05, 0.1) is 44.2 Å². The Hall–Kier alpha value is -1.69. The van der Waals surface area contributed by atoms with Crippen molar-refractivity contribution in [3.05, 3.63) is 5.21 Å². The van der Waals surface area contributed by atoms with Crippen LogP contribution in [0.1, 0.15) is 41.5 Å². The summed E-state index contributed by atoms with van der Waals surface area (Å²) in [6.45, 7) is 5.53. The SMILES string of the molecule is CC1[C@@H](O[C@@H]2C(C(=O)O)O[C@@H](O[C@@H]3C(COS(=O)(=O)O)O[C@H](O[C@H]4C(O)C(OS(=O)(=O)O)[C@H](O[C@@H]5C(COS(=O)(=O)O)O[C@H](C)C(C)[C@H]5O)O[C@H]4N[O-])C(C)[C@H]3C)C(O)[C@H]2O)OC(COS(=O)(=O)O)[C@@H](O)[C@@H]1C. The maximum atomic E-state index is 12.6. The van der Waals surface area contributed by atoms with Crippen molar-refractivity contribution in [1.29, 1.82) is 0 Å². The summed E-state index contributed by atoms with van der Waals surface area (Å²) in [4.78, 5) is 12.6. The van der Waals surface area contributed by atoms with E-state index in [0.29, 0.717) is 0 Å². The molecule has 38 heteroatoms. The van der Waals surface area contributed by atoms with Crippen LogP contribution in [0.15, 0.2) is 0 Å². The van der Waals surface area contributed by atoms with Gasteiger partial charge in [0.15, 0.2) is 37.4 Å². The molecule has 0 aliphatic carbocycles. The molecule has 0 spiro atoms. The highest BCUT2D eigenvalue weighted by Gasteiger charge is 2.57. The molecule has 25 atom stereocenters. The van der Waals surface area contributed by atoms with Gasteiger partial charge >= 0.3 is 47.6 Å². The Balaban J connectivity index is 1.37. The first kappa shape index (κ1) is 62.2. The standard InChI is InChI=1S/C35H60NO33S4/c1-10-12(3)32(61-16(19(10)37)7-57-70(45,46)47)65-26-21(39)22(40)34(67-29(26)31(42)43)63-24-11(2)13(4)33(62-17(24)8-58-71(48,49)50)66-27-23(41)28(69-73(54,55)56)35(68-30(27)36-44)64-25-18(9-59-72(51,52)53)60-15(6)14(5)20(25)38/h10-30,32-41H,7-9H2,1-6H3,(H,42,43)(H,45,46,47)(H,48,49,50)(H,51,52,53)(H,54,55,56)/q-1/t10-,11-,12?,13?,14?,15-,16?,17?,18?,19+,20-,21-,22?,23?,24+,25-,26+,27+,28?,29?,30-,32-,33-,34-,35-/m1/s1. The van der Waals surface area contributed by atoms with Gasteiger partial charge in [0.1, 0.15) is 61.2 Å². The monoisotopic (exact) mass is 1150 g/mol. The molecule has 0 aromatic heterocycles. The van der Waals surface area contributed by atoms with Crippen LogP contribution in [-0.2, 0) is 106 Å². The van der Waals surface area contributed by atoms with Crippen LogP contribution in [0.25, 0.3) is 0 Å². The first-order chi connectivity index (χ1) is 33.5. The summed E-state index contributed by atoms with van der Waals surface area (Å²) in [6.07, 6.45) is -37.7. The second-order valence-corrected chi connectivity index (χ2v) is 22.4. The molecule has 11 N–H and O–H groups in total. The number of aliphatic carboxylic acids is 1. The smallest absolute Gasteiger partial charge is 0.397 e. The minimum absolute atomic E-state index is 0.776. The zero-order chi connectivity index (χ0) is 55.0. The number of aliphatic hydroxyl groups is 5. The highest BCUT2D eigenvalue weighted by Crippen LogP contribution is 2.41. The molecule has 0 amide bonds. The van der Waals surface area contributed by atoms with E-state index in [2.05, 4.69) is 16.7 Å². The van der Waals surface area contributed by atoms with Crippen molar-refractivity contribution in [2.45, 2.75) is 164 Å². The Labute approximate surface area is 417 Å². The molecule has 5 fully saturated rings. The van der Waals surface area contributed by atoms with Crippen molar-refractivity contribution in [2.75, 3.05) is 19.8 Å². The lowest BCUT2D eigenvalue weighted by molar-refractivity contribution is -0.377. The lowest BCUT2D eigenvalue weighted by atomic mass is 9.84. The summed E-state index contributed by atoms with van der Waals surface area (Å²) in [5, 5.41) is 78.8. The number of aliphatic hydroxyl groups excluding tert-OH is 5. The van der Waals surface area contributed by atoms with E-state index in [-0.39, 0.29) is 0 Å². The minimum atomic E-state index is -5.59. The molecular formula is C35H60NO33S4-. The van der Waals surface area contributed by atoms with Crippen LogP contribution >= 0.6 is 0 Å². The molecule has 0 aromatic carbocycles. The van der Waals surface area contributed by atoms with Gasteiger partial charge in [-0.25, -0.2) is 21.5 Å². The Morgan fingerprint density at radius 2 is 0.932 bits per heavy atom. The summed E-state index contributed by atoms with van der Waals surface area (Å²) in [5.41, 5.74) is 1.39. The number of carboxylic acids is 1. The quantitative estimate of drug-likeness (QED) is 0.0379. The van der Waals surface area contributed by atoms with Gasteiger partial charge in [-0.2, -0.15) is 33.7 Å². The van der Waals surface area contributed by atoms with Crippen LogP contribution < -0.4 is 5.48 Å². The van der Waals surface area contributed by atoms with Gasteiger partial charge in [0.2, 0.25) is 0 Å². The van der Waals surface area contributed by atoms with Gasteiger partial charge < -0.3 is 84.0 Å². The second kappa shape index (κ2) is 24.5. The van der Waals surface area contributed by atoms with E-state index in [1.165, 1.54) is 47.0 Å². The molecule has 428 valence electrons. The molecule has 5 saturated heterocycles. The Morgan fingerprint density at radius 3 is 1.44 bits per heavy atom. The highest BCUT2D eigenvalue weighted by molar-refractivity contribution is 7.81. The third kappa shape index (κ3) is 16.0. The lowest BCUT2D eigenvalue weighted by Crippen LogP contribution is -2.67. The number of hydrogen-bond acceptors (Lipinski definition) is 29. The molecule has 0 radical (unpaired) electrons. The van der Waals surface area contributed by atoms with Crippen molar-refractivity contribution in [2.24, 2.45) is 29.6 Å². The fourth-order valence-electron chi connectivity index (χ4n) is 8.71. The van der Waals surface area contributed by atoms with Gasteiger partial charge in [-0.05, 0) is 18.8 Å². The van der Waals surface area contributed by atoms with Gasteiger partial charge in [-0.1, -0.05) is 34.6 Å². The van der Waals surface area contributed by atoms with E-state index in [1.807, 2.05) is 0 Å². The predicted octanol–water partition coefficient (Wildman–Crippen LogP) is -5.03. The topological polar surface area (TPSA) is 511 Å². The predicted molar refractivity (Wildman–Crippen MR) is 227 cm³/mol. The molecule has 5 aliphatic heterocycles. The van der Waals surface area contributed by atoms with Crippen LogP contribution in [0.5, 0.6) is 0 Å². The van der Waals surface area contributed by atoms with Crippen molar-refractivity contribution >= 4 is 47.6 Å². The molecule has 5 rings (SSSR count). The van der Waals surface area contributed by atoms with Gasteiger partial charge in [-0.3, -0.25) is 18.2 Å². The van der Waals surface area contributed by atoms with Crippen molar-refractivity contribution in [1.82, 2.24) is 5.48 Å². The lowest BCUT2D eigenvalue weighted by Gasteiger charge is -2.51. The van der Waals surface area contributed by atoms with E-state index >= 15 is 0 Å². The van der Waals surface area contributed by atoms with E-state index in [1.54, 1.807) is 0 Å². The number of nitrogens with one attached hydrogen (secondary N) is 1. The largest absolute Gasteiger partial charge is 0.786 e. The molecular weight excluding hydrogens is 1090 g/mol. The number of rotatable bonds is 21. The molecule has 34 nitrogen and oxygen atoms in total. The zero-order valence-electron chi connectivity index (χ0n) is 39.0. The third-order valence-corrected chi connectivity index (χ3v) is 15.0. The van der Waals surface area contributed by atoms with Crippen molar-refractivity contribution in [3.63, 3.8) is 0 Å². The van der Waals surface area contributed by atoms with Crippen LogP contribution in [0.3, 0.4) is 0 Å². The number of carbonyl (C=O) groups is 1. The zero-order valence-corrected chi connectivity index (χ0v) is 42.3. The third-order valence-electron chi connectivity index (χ3n) is 13.3. The van der Waals surface area contributed by atoms with Crippen molar-refractivity contribution < 1.29 is 147 Å². The molecule has 0 aromatic rings. The molecule has 5 heterocycles. The summed E-state index contributed by atoms with van der Waals surface area (Å²) in [7, 11) is -21.0. The average Bonchev–Trinajstić information content (AvgIpc) is 3.27. The normalized spacial score (nSPS) is 44.4. The second-order valence-electron chi connectivity index (χ2n) is 18.0. The summed E-state index contributed by atoms with van der Waals surface area (Å²) < 4.78 is 200. The average molecular weight is 1150 g/mol. The van der Waals surface area contributed by atoms with Crippen LogP contribution in [0, 0.1) is 34.8 Å². The van der Waals surface area contributed by atoms with Gasteiger partial charge in [0, 0.05) is 17.8 Å². The molecule has 0 saturated carbocycles. The highest BCUT2D eigenvalue weighted by atomic mass is 32.3. The van der Waals surface area contributed by atoms with Crippen LogP contribution in [0.4, 0.5) is 0 Å². The summed E-state index contributed by atoms with van der Waals surface area (Å²) in [6, 6.07) is 0. The van der Waals surface area contributed by atoms with Crippen molar-refractivity contribution in [3.8, 4) is 0 Å². The summed E-state index contributed by atoms with van der Waals surface area (Å²) in [5.74, 6) is -6.44. The Morgan fingerprint density at radius 1 is 0.466 bits per heavy atom. The maximum Gasteiger partial charge on any atom is 0.397 e. The van der Waals surface area contributed by atoms with E-state index < -0.39 is 220 Å². The summed E-state index contributed by atoms with van der Waals surface area (Å²) >= 11 is 0. The number of carboxylic acid groups (broad SMARTS) is 1. The Kier molecular flexibility index (Phi) is 20.9. The fraction of sp³-hybridized carbons (Fsp3) is 0.971. The fourth-order valence-corrected chi connectivity index (χ4v) is 10.1. The molecule has 10 unspecified atom stereocenters. The van der Waals surface area contributed by atoms with E-state index in [0.717, 1.165) is 0 Å². The van der Waals surface area contributed by atoms with Crippen LogP contribution in [-0.4, -0.2) is 231 Å². The van der Waals surface area contributed by atoms with Gasteiger partial charge in [0.25, 0.3) is 0 Å². The maximum absolute atomic E-state index is 12.6. The number of hydroxylamine groups is 1. The molecule has 73 heavy (non-hydrogen) atoms. The van der Waals surface area contributed by atoms with Gasteiger partial charge in [-0.15, -0.1) is 0 Å². The van der Waals surface area contributed by atoms with Crippen LogP contribution in [0.2, 0.25) is 0 Å². The minimum Gasteiger partial charge on any atom is -0.786 e.